The van der Waals surface area contributed by atoms with Crippen LogP contribution in [0, 0.1) is 10.1 Å². The lowest BCUT2D eigenvalue weighted by Gasteiger charge is -2.07. The average molecular weight is 262 g/mol. The van der Waals surface area contributed by atoms with Crippen LogP contribution < -0.4 is 14.8 Å². The van der Waals surface area contributed by atoms with Gasteiger partial charge in [-0.2, -0.15) is 0 Å². The van der Waals surface area contributed by atoms with Crippen LogP contribution in [0.25, 0.3) is 0 Å². The van der Waals surface area contributed by atoms with Crippen molar-refractivity contribution in [2.75, 3.05) is 12.1 Å². The fraction of sp³-hybridized carbons (Fsp3) is 0.182. The van der Waals surface area contributed by atoms with Gasteiger partial charge in [0.2, 0.25) is 6.79 Å². The van der Waals surface area contributed by atoms with E-state index in [9.17, 15) is 10.1 Å². The summed E-state index contributed by atoms with van der Waals surface area (Å²) in [6.45, 7) is 0.483. The Kier molecular flexibility index (Phi) is 2.67. The molecule has 1 aromatic heterocycles. The summed E-state index contributed by atoms with van der Waals surface area (Å²) in [7, 11) is 0. The molecule has 1 aromatic carbocycles. The number of ether oxygens (including phenoxy) is 2. The second-order valence-electron chi connectivity index (χ2n) is 3.91. The number of benzene rings is 1. The van der Waals surface area contributed by atoms with E-state index in [4.69, 9.17) is 9.47 Å². The van der Waals surface area contributed by atoms with E-state index >= 15 is 0 Å². The third-order valence-electron chi connectivity index (χ3n) is 2.71. The molecule has 0 unspecified atom stereocenters. The summed E-state index contributed by atoms with van der Waals surface area (Å²) >= 11 is 0. The van der Waals surface area contributed by atoms with Crippen molar-refractivity contribution < 1.29 is 14.4 Å². The molecule has 98 valence electrons. The number of imidazole rings is 1. The Morgan fingerprint density at radius 3 is 2.89 bits per heavy atom. The van der Waals surface area contributed by atoms with Gasteiger partial charge in [0, 0.05) is 12.3 Å². The largest absolute Gasteiger partial charge is 0.454 e. The zero-order chi connectivity index (χ0) is 13.2. The monoisotopic (exact) mass is 262 g/mol. The fourth-order valence-corrected chi connectivity index (χ4v) is 1.80. The summed E-state index contributed by atoms with van der Waals surface area (Å²) < 4.78 is 10.3. The van der Waals surface area contributed by atoms with Crippen molar-refractivity contribution in [2.45, 2.75) is 6.54 Å². The number of fused-ring (bicyclic) bond motifs is 1. The minimum absolute atomic E-state index is 0.0521. The van der Waals surface area contributed by atoms with Crippen LogP contribution in [0.1, 0.15) is 5.69 Å². The number of nitrogens with one attached hydrogen (secondary N) is 2. The Labute approximate surface area is 107 Å². The molecule has 1 aliphatic heterocycles. The molecule has 0 radical (unpaired) electrons. The predicted molar refractivity (Wildman–Crippen MR) is 65.1 cm³/mol. The SMILES string of the molecule is O=[N+]([O-])c1cc2c(cc1NCc1cnc[nH]1)OCO2. The molecule has 8 nitrogen and oxygen atoms in total. The number of aromatic nitrogens is 2. The van der Waals surface area contributed by atoms with Crippen LogP contribution in [0.3, 0.4) is 0 Å². The topological polar surface area (TPSA) is 102 Å². The first-order chi connectivity index (χ1) is 9.24. The van der Waals surface area contributed by atoms with Gasteiger partial charge in [0.05, 0.1) is 29.6 Å². The molecule has 1 aliphatic rings. The van der Waals surface area contributed by atoms with Crippen LogP contribution in [0.4, 0.5) is 11.4 Å². The number of H-pyrrole nitrogens is 1. The van der Waals surface area contributed by atoms with Crippen molar-refractivity contribution in [1.29, 1.82) is 0 Å². The molecular weight excluding hydrogens is 252 g/mol. The van der Waals surface area contributed by atoms with E-state index < -0.39 is 4.92 Å². The zero-order valence-corrected chi connectivity index (χ0v) is 9.75. The first-order valence-corrected chi connectivity index (χ1v) is 5.53. The number of anilines is 1. The summed E-state index contributed by atoms with van der Waals surface area (Å²) in [5.74, 6) is 0.886. The summed E-state index contributed by atoms with van der Waals surface area (Å²) in [4.78, 5) is 17.4. The van der Waals surface area contributed by atoms with Crippen LogP contribution in [-0.4, -0.2) is 21.7 Å². The molecular formula is C11H10N4O4. The van der Waals surface area contributed by atoms with Crippen LogP contribution in [-0.2, 0) is 6.54 Å². The lowest BCUT2D eigenvalue weighted by Crippen LogP contribution is -2.03. The van der Waals surface area contributed by atoms with Crippen molar-refractivity contribution in [1.82, 2.24) is 9.97 Å². The van der Waals surface area contributed by atoms with Gasteiger partial charge in [-0.1, -0.05) is 0 Å². The van der Waals surface area contributed by atoms with Crippen molar-refractivity contribution in [3.8, 4) is 11.5 Å². The van der Waals surface area contributed by atoms with Gasteiger partial charge in [-0.25, -0.2) is 4.98 Å². The van der Waals surface area contributed by atoms with Crippen LogP contribution in [0.15, 0.2) is 24.7 Å². The molecule has 0 bridgehead atoms. The maximum Gasteiger partial charge on any atom is 0.296 e. The molecule has 2 N–H and O–H groups in total. The Balaban J connectivity index is 1.88. The molecule has 0 saturated heterocycles. The van der Waals surface area contributed by atoms with Gasteiger partial charge in [-0.3, -0.25) is 10.1 Å². The molecule has 2 aromatic rings. The van der Waals surface area contributed by atoms with E-state index in [0.717, 1.165) is 5.69 Å². The average Bonchev–Trinajstić information content (AvgIpc) is 3.05. The Morgan fingerprint density at radius 2 is 2.21 bits per heavy atom. The first-order valence-electron chi connectivity index (χ1n) is 5.53. The summed E-state index contributed by atoms with van der Waals surface area (Å²) in [6.07, 6.45) is 3.19. The quantitative estimate of drug-likeness (QED) is 0.641. The third-order valence-corrected chi connectivity index (χ3v) is 2.71. The zero-order valence-electron chi connectivity index (χ0n) is 9.75. The maximum absolute atomic E-state index is 11.0. The minimum atomic E-state index is -0.461. The lowest BCUT2D eigenvalue weighted by molar-refractivity contribution is -0.384. The highest BCUT2D eigenvalue weighted by Gasteiger charge is 2.23. The number of hydrogen-bond donors (Lipinski definition) is 2. The Bertz CT molecular complexity index is 611. The molecule has 0 aliphatic carbocycles. The third kappa shape index (κ3) is 2.15. The number of rotatable bonds is 4. The number of aromatic amines is 1. The van der Waals surface area contributed by atoms with Crippen molar-refractivity contribution in [3.63, 3.8) is 0 Å². The number of hydrogen-bond acceptors (Lipinski definition) is 6. The Morgan fingerprint density at radius 1 is 1.42 bits per heavy atom. The highest BCUT2D eigenvalue weighted by atomic mass is 16.7. The number of nitro benzene ring substituents is 1. The van der Waals surface area contributed by atoms with Gasteiger partial charge in [-0.05, 0) is 0 Å². The lowest BCUT2D eigenvalue weighted by atomic mass is 10.2. The normalized spacial score (nSPS) is 12.4. The first kappa shape index (κ1) is 11.3. The van der Waals surface area contributed by atoms with Crippen molar-refractivity contribution in [2.24, 2.45) is 0 Å². The summed E-state index contributed by atoms with van der Waals surface area (Å²) in [5.41, 5.74) is 1.15. The molecule has 0 spiro atoms. The van der Waals surface area contributed by atoms with Crippen molar-refractivity contribution >= 4 is 11.4 Å². The van der Waals surface area contributed by atoms with E-state index in [1.165, 1.54) is 6.07 Å². The summed E-state index contributed by atoms with van der Waals surface area (Å²) in [5, 5.41) is 14.0. The molecule has 0 saturated carbocycles. The summed E-state index contributed by atoms with van der Waals surface area (Å²) in [6, 6.07) is 2.93. The van der Waals surface area contributed by atoms with E-state index in [-0.39, 0.29) is 12.5 Å². The van der Waals surface area contributed by atoms with Crippen LogP contribution in [0.5, 0.6) is 11.5 Å². The highest BCUT2D eigenvalue weighted by molar-refractivity contribution is 5.68. The van der Waals surface area contributed by atoms with Gasteiger partial charge in [-0.15, -0.1) is 0 Å². The standard InChI is InChI=1S/C11H10N4O4/c16-15(17)9-2-11-10(18-6-19-11)1-8(9)13-4-7-3-12-5-14-7/h1-3,5,13H,4,6H2,(H,12,14). The smallest absolute Gasteiger partial charge is 0.296 e. The molecule has 0 fully saturated rings. The van der Waals surface area contributed by atoms with E-state index in [1.807, 2.05) is 0 Å². The Hall–Kier alpha value is -2.77. The van der Waals surface area contributed by atoms with Crippen LogP contribution in [0.2, 0.25) is 0 Å². The van der Waals surface area contributed by atoms with E-state index in [1.54, 1.807) is 18.6 Å². The predicted octanol–water partition coefficient (Wildman–Crippen LogP) is 1.66. The molecule has 0 atom stereocenters. The van der Waals surface area contributed by atoms with Gasteiger partial charge >= 0.3 is 0 Å². The molecule has 3 rings (SSSR count). The minimum Gasteiger partial charge on any atom is -0.454 e. The second-order valence-corrected chi connectivity index (χ2v) is 3.91. The van der Waals surface area contributed by atoms with Crippen LogP contribution >= 0.6 is 0 Å². The fourth-order valence-electron chi connectivity index (χ4n) is 1.80. The van der Waals surface area contributed by atoms with Gasteiger partial charge in [0.15, 0.2) is 11.5 Å². The maximum atomic E-state index is 11.0. The number of nitro groups is 1. The van der Waals surface area contributed by atoms with Gasteiger partial charge < -0.3 is 19.8 Å². The molecule has 0 amide bonds. The molecule has 2 heterocycles. The van der Waals surface area contributed by atoms with Gasteiger partial charge in [0.25, 0.3) is 5.69 Å². The van der Waals surface area contributed by atoms with E-state index in [2.05, 4.69) is 15.3 Å². The van der Waals surface area contributed by atoms with E-state index in [0.29, 0.717) is 23.7 Å². The molecule has 19 heavy (non-hydrogen) atoms. The molecule has 8 heteroatoms. The van der Waals surface area contributed by atoms with Crippen molar-refractivity contribution in [3.05, 3.63) is 40.5 Å². The highest BCUT2D eigenvalue weighted by Crippen LogP contribution is 2.40. The number of nitrogens with zero attached hydrogens (tertiary/aromatic N) is 2. The second kappa shape index (κ2) is 4.48. The van der Waals surface area contributed by atoms with Gasteiger partial charge in [0.1, 0.15) is 5.69 Å².